The predicted molar refractivity (Wildman–Crippen MR) is 71.6 cm³/mol. The normalized spacial score (nSPS) is 12.2. The minimum atomic E-state index is -0.309. The Balaban J connectivity index is 1.70. The van der Waals surface area contributed by atoms with Gasteiger partial charge in [0.05, 0.1) is 32.2 Å². The molecule has 0 saturated heterocycles. The largest absolute Gasteiger partial charge is 0.468 e. The van der Waals surface area contributed by atoms with Crippen LogP contribution in [0, 0.1) is 0 Å². The third kappa shape index (κ3) is 4.56. The Kier molecular flexibility index (Phi) is 5.40. The van der Waals surface area contributed by atoms with E-state index >= 15 is 0 Å². The number of carbonyl (C=O) groups excluding carboxylic acids is 1. The van der Waals surface area contributed by atoms with E-state index in [1.807, 2.05) is 6.07 Å². The maximum Gasteiger partial charge on any atom is 0.222 e. The summed E-state index contributed by atoms with van der Waals surface area (Å²) in [6, 6.07) is 6.87. The van der Waals surface area contributed by atoms with E-state index in [-0.39, 0.29) is 25.0 Å². The highest BCUT2D eigenvalue weighted by Gasteiger charge is 2.13. The van der Waals surface area contributed by atoms with E-state index in [0.29, 0.717) is 18.8 Å². The maximum absolute atomic E-state index is 11.7. The van der Waals surface area contributed by atoms with E-state index in [9.17, 15) is 9.90 Å². The number of hydrogen-bond donors (Lipinski definition) is 3. The summed E-state index contributed by atoms with van der Waals surface area (Å²) in [6.45, 7) is 0.709. The second-order valence-corrected chi connectivity index (χ2v) is 4.40. The number of amides is 1. The van der Waals surface area contributed by atoms with Gasteiger partial charge >= 0.3 is 0 Å². The molecule has 1 amide bonds. The molecule has 0 saturated carbocycles. The Morgan fingerprint density at radius 1 is 1.15 bits per heavy atom. The average Bonchev–Trinajstić information content (AvgIpc) is 3.13. The minimum Gasteiger partial charge on any atom is -0.468 e. The van der Waals surface area contributed by atoms with Crippen molar-refractivity contribution in [2.75, 3.05) is 6.61 Å². The molecule has 0 radical (unpaired) electrons. The van der Waals surface area contributed by atoms with Gasteiger partial charge in [0.25, 0.3) is 0 Å². The van der Waals surface area contributed by atoms with E-state index in [1.165, 1.54) is 0 Å². The second-order valence-electron chi connectivity index (χ2n) is 4.40. The van der Waals surface area contributed by atoms with Crippen LogP contribution < -0.4 is 10.6 Å². The summed E-state index contributed by atoms with van der Waals surface area (Å²) in [7, 11) is 0. The van der Waals surface area contributed by atoms with Gasteiger partial charge in [-0.25, -0.2) is 0 Å². The topological polar surface area (TPSA) is 87.6 Å². The molecule has 0 aromatic carbocycles. The van der Waals surface area contributed by atoms with Gasteiger partial charge in [0.2, 0.25) is 5.91 Å². The number of furan rings is 2. The number of aliphatic hydroxyl groups is 1. The molecule has 6 nitrogen and oxygen atoms in total. The fourth-order valence-electron chi connectivity index (χ4n) is 1.75. The van der Waals surface area contributed by atoms with Crippen LogP contribution in [0.25, 0.3) is 0 Å². The molecule has 0 bridgehead atoms. The molecule has 1 unspecified atom stereocenters. The van der Waals surface area contributed by atoms with Crippen molar-refractivity contribution in [3.05, 3.63) is 48.3 Å². The van der Waals surface area contributed by atoms with Crippen LogP contribution in [-0.4, -0.2) is 23.7 Å². The Labute approximate surface area is 116 Å². The highest BCUT2D eigenvalue weighted by Crippen LogP contribution is 2.02. The van der Waals surface area contributed by atoms with Crippen LogP contribution in [0.4, 0.5) is 0 Å². The Hall–Kier alpha value is -2.05. The minimum absolute atomic E-state index is 0.116. The van der Waals surface area contributed by atoms with Crippen LogP contribution in [0.5, 0.6) is 0 Å². The van der Waals surface area contributed by atoms with Gasteiger partial charge < -0.3 is 24.6 Å². The van der Waals surface area contributed by atoms with Crippen molar-refractivity contribution in [1.82, 2.24) is 10.6 Å². The fourth-order valence-corrected chi connectivity index (χ4v) is 1.75. The standard InChI is InChI=1S/C14H18N2O4/c17-10-11(15-8-12-3-1-5-19-12)7-14(18)16-9-13-4-2-6-20-13/h1-6,11,15,17H,7-10H2,(H,16,18). The molecule has 2 rings (SSSR count). The first-order chi connectivity index (χ1) is 9.78. The van der Waals surface area contributed by atoms with Crippen molar-refractivity contribution in [2.24, 2.45) is 0 Å². The van der Waals surface area contributed by atoms with Crippen molar-refractivity contribution >= 4 is 5.91 Å². The molecule has 1 atom stereocenters. The highest BCUT2D eigenvalue weighted by atomic mass is 16.3. The van der Waals surface area contributed by atoms with Crippen molar-refractivity contribution in [3.63, 3.8) is 0 Å². The molecule has 2 aromatic rings. The SMILES string of the molecule is O=C(CC(CO)NCc1ccco1)NCc1ccco1. The van der Waals surface area contributed by atoms with E-state index in [2.05, 4.69) is 10.6 Å². The summed E-state index contributed by atoms with van der Waals surface area (Å²) in [6.07, 6.45) is 3.34. The van der Waals surface area contributed by atoms with Crippen molar-refractivity contribution < 1.29 is 18.7 Å². The van der Waals surface area contributed by atoms with Crippen LogP contribution in [0.3, 0.4) is 0 Å². The van der Waals surface area contributed by atoms with Gasteiger partial charge in [0.15, 0.2) is 0 Å². The van der Waals surface area contributed by atoms with Gasteiger partial charge in [-0.3, -0.25) is 4.79 Å². The monoisotopic (exact) mass is 278 g/mol. The van der Waals surface area contributed by atoms with Gasteiger partial charge in [-0.2, -0.15) is 0 Å². The number of hydrogen-bond acceptors (Lipinski definition) is 5. The molecule has 3 N–H and O–H groups in total. The zero-order chi connectivity index (χ0) is 14.2. The highest BCUT2D eigenvalue weighted by molar-refractivity contribution is 5.76. The molecule has 2 aromatic heterocycles. The lowest BCUT2D eigenvalue weighted by atomic mass is 10.2. The van der Waals surface area contributed by atoms with Gasteiger partial charge in [0.1, 0.15) is 11.5 Å². The first kappa shape index (κ1) is 14.4. The lowest BCUT2D eigenvalue weighted by Crippen LogP contribution is -2.37. The van der Waals surface area contributed by atoms with Crippen molar-refractivity contribution in [3.8, 4) is 0 Å². The smallest absolute Gasteiger partial charge is 0.222 e. The summed E-state index contributed by atoms with van der Waals surface area (Å²) < 4.78 is 10.3. The molecule has 6 heteroatoms. The Bertz CT molecular complexity index is 493. The number of carbonyl (C=O) groups is 1. The summed E-state index contributed by atoms with van der Waals surface area (Å²) in [4.78, 5) is 11.7. The summed E-state index contributed by atoms with van der Waals surface area (Å²) in [5.41, 5.74) is 0. The molecule has 0 aliphatic carbocycles. The molecule has 108 valence electrons. The number of aliphatic hydroxyl groups excluding tert-OH is 1. The molecular formula is C14H18N2O4. The summed E-state index contributed by atoms with van der Waals surface area (Å²) in [5.74, 6) is 1.31. The number of rotatable bonds is 8. The lowest BCUT2D eigenvalue weighted by Gasteiger charge is -2.15. The first-order valence-corrected chi connectivity index (χ1v) is 6.43. The van der Waals surface area contributed by atoms with E-state index in [1.54, 1.807) is 30.7 Å². The zero-order valence-electron chi connectivity index (χ0n) is 11.0. The predicted octanol–water partition coefficient (Wildman–Crippen LogP) is 1.03. The quantitative estimate of drug-likeness (QED) is 0.671. The Morgan fingerprint density at radius 3 is 2.35 bits per heavy atom. The van der Waals surface area contributed by atoms with Crippen LogP contribution in [0.1, 0.15) is 17.9 Å². The molecule has 0 aliphatic heterocycles. The van der Waals surface area contributed by atoms with E-state index in [4.69, 9.17) is 8.83 Å². The van der Waals surface area contributed by atoms with Crippen LogP contribution in [-0.2, 0) is 17.9 Å². The third-order valence-electron chi connectivity index (χ3n) is 2.84. The zero-order valence-corrected chi connectivity index (χ0v) is 11.0. The van der Waals surface area contributed by atoms with Crippen LogP contribution >= 0.6 is 0 Å². The Morgan fingerprint density at radius 2 is 1.80 bits per heavy atom. The van der Waals surface area contributed by atoms with Crippen molar-refractivity contribution in [1.29, 1.82) is 0 Å². The third-order valence-corrected chi connectivity index (χ3v) is 2.84. The van der Waals surface area contributed by atoms with Crippen LogP contribution in [0.2, 0.25) is 0 Å². The lowest BCUT2D eigenvalue weighted by molar-refractivity contribution is -0.122. The molecule has 20 heavy (non-hydrogen) atoms. The molecule has 2 heterocycles. The molecule has 0 aliphatic rings. The fraction of sp³-hybridized carbons (Fsp3) is 0.357. The van der Waals surface area contributed by atoms with Gasteiger partial charge in [-0.1, -0.05) is 0 Å². The van der Waals surface area contributed by atoms with Gasteiger partial charge in [-0.15, -0.1) is 0 Å². The molecule has 0 spiro atoms. The van der Waals surface area contributed by atoms with Crippen molar-refractivity contribution in [2.45, 2.75) is 25.6 Å². The number of nitrogens with one attached hydrogen (secondary N) is 2. The van der Waals surface area contributed by atoms with Gasteiger partial charge in [-0.05, 0) is 24.3 Å². The van der Waals surface area contributed by atoms with E-state index < -0.39 is 0 Å². The first-order valence-electron chi connectivity index (χ1n) is 6.43. The molecule has 0 fully saturated rings. The summed E-state index contributed by atoms with van der Waals surface area (Å²) in [5, 5.41) is 15.1. The maximum atomic E-state index is 11.7. The van der Waals surface area contributed by atoms with Crippen LogP contribution in [0.15, 0.2) is 45.6 Å². The summed E-state index contributed by atoms with van der Waals surface area (Å²) >= 11 is 0. The second kappa shape index (κ2) is 7.52. The average molecular weight is 278 g/mol. The van der Waals surface area contributed by atoms with E-state index in [0.717, 1.165) is 5.76 Å². The van der Waals surface area contributed by atoms with Gasteiger partial charge in [0, 0.05) is 12.5 Å². The molecular weight excluding hydrogens is 260 g/mol.